The van der Waals surface area contributed by atoms with Gasteiger partial charge in [0.05, 0.1) is 12.2 Å². The van der Waals surface area contributed by atoms with Crippen LogP contribution in [-0.2, 0) is 15.2 Å². The zero-order valence-corrected chi connectivity index (χ0v) is 12.8. The summed E-state index contributed by atoms with van der Waals surface area (Å²) in [6, 6.07) is 11.1. The van der Waals surface area contributed by atoms with Gasteiger partial charge in [-0.05, 0) is 24.6 Å². The third-order valence-corrected chi connectivity index (χ3v) is 3.37. The molecular weight excluding hydrogens is 318 g/mol. The van der Waals surface area contributed by atoms with Crippen LogP contribution < -0.4 is 10.6 Å². The summed E-state index contributed by atoms with van der Waals surface area (Å²) >= 11 is 0. The zero-order valence-electron chi connectivity index (χ0n) is 12.8. The van der Waals surface area contributed by atoms with Crippen molar-refractivity contribution in [2.75, 3.05) is 11.9 Å². The van der Waals surface area contributed by atoms with E-state index in [1.165, 1.54) is 6.92 Å². The van der Waals surface area contributed by atoms with E-state index >= 15 is 0 Å². The second kappa shape index (κ2) is 7.18. The Kier molecular flexibility index (Phi) is 5.25. The lowest BCUT2D eigenvalue weighted by atomic mass is 9.96. The molecule has 7 heteroatoms. The SMILES string of the molecule is CC(O)(CNC(=O)C(=O)Nc1cc(F)ccc1F)c1ccccc1. The second-order valence-corrected chi connectivity index (χ2v) is 5.40. The molecule has 1 atom stereocenters. The molecule has 0 aliphatic carbocycles. The van der Waals surface area contributed by atoms with Gasteiger partial charge in [-0.2, -0.15) is 0 Å². The van der Waals surface area contributed by atoms with E-state index in [1.54, 1.807) is 30.3 Å². The summed E-state index contributed by atoms with van der Waals surface area (Å²) in [5, 5.41) is 14.6. The minimum absolute atomic E-state index is 0.227. The summed E-state index contributed by atoms with van der Waals surface area (Å²) < 4.78 is 26.5. The first kappa shape index (κ1) is 17.6. The fraction of sp³-hybridized carbons (Fsp3) is 0.176. The number of nitrogens with one attached hydrogen (secondary N) is 2. The van der Waals surface area contributed by atoms with Gasteiger partial charge in [-0.1, -0.05) is 30.3 Å². The van der Waals surface area contributed by atoms with Gasteiger partial charge in [-0.25, -0.2) is 8.78 Å². The number of amides is 2. The summed E-state index contributed by atoms with van der Waals surface area (Å²) in [4.78, 5) is 23.5. The number of benzene rings is 2. The van der Waals surface area contributed by atoms with Crippen molar-refractivity contribution in [2.45, 2.75) is 12.5 Å². The molecule has 0 saturated carbocycles. The highest BCUT2D eigenvalue weighted by atomic mass is 19.1. The van der Waals surface area contributed by atoms with Gasteiger partial charge in [0.1, 0.15) is 17.2 Å². The monoisotopic (exact) mass is 334 g/mol. The minimum atomic E-state index is -1.39. The van der Waals surface area contributed by atoms with Gasteiger partial charge < -0.3 is 15.7 Å². The maximum absolute atomic E-state index is 13.4. The Morgan fingerprint density at radius 1 is 1.08 bits per heavy atom. The Morgan fingerprint density at radius 2 is 1.75 bits per heavy atom. The van der Waals surface area contributed by atoms with Crippen LogP contribution in [0.15, 0.2) is 48.5 Å². The predicted molar refractivity (Wildman–Crippen MR) is 84.0 cm³/mol. The average Bonchev–Trinajstić information content (AvgIpc) is 2.56. The van der Waals surface area contributed by atoms with Gasteiger partial charge in [0.15, 0.2) is 0 Å². The summed E-state index contributed by atoms with van der Waals surface area (Å²) in [7, 11) is 0. The molecule has 3 N–H and O–H groups in total. The van der Waals surface area contributed by atoms with Crippen molar-refractivity contribution in [3.8, 4) is 0 Å². The van der Waals surface area contributed by atoms with Gasteiger partial charge >= 0.3 is 11.8 Å². The highest BCUT2D eigenvalue weighted by Crippen LogP contribution is 2.19. The number of halogens is 2. The summed E-state index contributed by atoms with van der Waals surface area (Å²) in [5.74, 6) is -3.86. The molecule has 2 aromatic rings. The molecule has 0 saturated heterocycles. The third kappa shape index (κ3) is 4.36. The third-order valence-electron chi connectivity index (χ3n) is 3.37. The Balaban J connectivity index is 1.97. The Hall–Kier alpha value is -2.80. The molecule has 0 fully saturated rings. The Bertz CT molecular complexity index is 749. The lowest BCUT2D eigenvalue weighted by molar-refractivity contribution is -0.136. The number of anilines is 1. The van der Waals surface area contributed by atoms with Crippen molar-refractivity contribution in [3.63, 3.8) is 0 Å². The molecule has 126 valence electrons. The maximum atomic E-state index is 13.4. The van der Waals surface area contributed by atoms with Crippen LogP contribution in [0.3, 0.4) is 0 Å². The molecule has 1 unspecified atom stereocenters. The Morgan fingerprint density at radius 3 is 2.42 bits per heavy atom. The largest absolute Gasteiger partial charge is 0.384 e. The summed E-state index contributed by atoms with van der Waals surface area (Å²) in [6.45, 7) is 1.25. The highest BCUT2D eigenvalue weighted by molar-refractivity contribution is 6.39. The van der Waals surface area contributed by atoms with Crippen molar-refractivity contribution in [2.24, 2.45) is 0 Å². The van der Waals surface area contributed by atoms with Crippen LogP contribution >= 0.6 is 0 Å². The van der Waals surface area contributed by atoms with Gasteiger partial charge in [-0.15, -0.1) is 0 Å². The first-order chi connectivity index (χ1) is 11.3. The van der Waals surface area contributed by atoms with Crippen LogP contribution in [0.4, 0.5) is 14.5 Å². The van der Waals surface area contributed by atoms with Crippen molar-refractivity contribution in [1.29, 1.82) is 0 Å². The average molecular weight is 334 g/mol. The van der Waals surface area contributed by atoms with Crippen LogP contribution in [-0.4, -0.2) is 23.5 Å². The lowest BCUT2D eigenvalue weighted by Gasteiger charge is -2.24. The number of carbonyl (C=O) groups excluding carboxylic acids is 2. The first-order valence-corrected chi connectivity index (χ1v) is 7.12. The molecule has 2 rings (SSSR count). The van der Waals surface area contributed by atoms with Crippen LogP contribution in [0.2, 0.25) is 0 Å². The quantitative estimate of drug-likeness (QED) is 0.748. The molecular formula is C17H16F2N2O3. The fourth-order valence-corrected chi connectivity index (χ4v) is 2.00. The first-order valence-electron chi connectivity index (χ1n) is 7.12. The van der Waals surface area contributed by atoms with Crippen molar-refractivity contribution >= 4 is 17.5 Å². The van der Waals surface area contributed by atoms with Crippen LogP contribution in [0, 0.1) is 11.6 Å². The van der Waals surface area contributed by atoms with Crippen LogP contribution in [0.5, 0.6) is 0 Å². The van der Waals surface area contributed by atoms with Gasteiger partial charge in [0.2, 0.25) is 0 Å². The maximum Gasteiger partial charge on any atom is 0.313 e. The minimum Gasteiger partial charge on any atom is -0.384 e. The van der Waals surface area contributed by atoms with E-state index in [1.807, 2.05) is 5.32 Å². The molecule has 2 amide bonds. The normalized spacial score (nSPS) is 13.0. The number of rotatable bonds is 4. The topological polar surface area (TPSA) is 78.4 Å². The van der Waals surface area contributed by atoms with E-state index in [0.717, 1.165) is 18.2 Å². The summed E-state index contributed by atoms with van der Waals surface area (Å²) in [6.07, 6.45) is 0. The van der Waals surface area contributed by atoms with E-state index in [9.17, 15) is 23.5 Å². The molecule has 2 aromatic carbocycles. The lowest BCUT2D eigenvalue weighted by Crippen LogP contribution is -2.43. The smallest absolute Gasteiger partial charge is 0.313 e. The van der Waals surface area contributed by atoms with E-state index in [0.29, 0.717) is 5.56 Å². The molecule has 0 spiro atoms. The molecule has 0 heterocycles. The Labute approximate surface area is 137 Å². The zero-order chi connectivity index (χ0) is 17.7. The molecule has 0 radical (unpaired) electrons. The predicted octanol–water partition coefficient (Wildman–Crippen LogP) is 1.93. The van der Waals surface area contributed by atoms with E-state index in [4.69, 9.17) is 0 Å². The van der Waals surface area contributed by atoms with Crippen molar-refractivity contribution in [3.05, 3.63) is 65.7 Å². The van der Waals surface area contributed by atoms with Gasteiger partial charge in [0, 0.05) is 6.07 Å². The molecule has 5 nitrogen and oxygen atoms in total. The molecule has 0 bridgehead atoms. The second-order valence-electron chi connectivity index (χ2n) is 5.40. The summed E-state index contributed by atoms with van der Waals surface area (Å²) in [5.41, 5.74) is -1.27. The number of aliphatic hydroxyl groups is 1. The number of hydrogen-bond donors (Lipinski definition) is 3. The number of hydrogen-bond acceptors (Lipinski definition) is 3. The van der Waals surface area contributed by atoms with E-state index in [-0.39, 0.29) is 6.54 Å². The van der Waals surface area contributed by atoms with Crippen LogP contribution in [0.25, 0.3) is 0 Å². The van der Waals surface area contributed by atoms with E-state index in [2.05, 4.69) is 5.32 Å². The number of carbonyl (C=O) groups is 2. The molecule has 0 aromatic heterocycles. The highest BCUT2D eigenvalue weighted by Gasteiger charge is 2.25. The molecule has 0 aliphatic heterocycles. The fourth-order valence-electron chi connectivity index (χ4n) is 2.00. The van der Waals surface area contributed by atoms with Gasteiger partial charge in [-0.3, -0.25) is 9.59 Å². The van der Waals surface area contributed by atoms with E-state index < -0.39 is 34.7 Å². The van der Waals surface area contributed by atoms with Gasteiger partial charge in [0.25, 0.3) is 0 Å². The molecule has 0 aliphatic rings. The van der Waals surface area contributed by atoms with Crippen LogP contribution in [0.1, 0.15) is 12.5 Å². The molecule has 24 heavy (non-hydrogen) atoms. The van der Waals surface area contributed by atoms with Crippen molar-refractivity contribution in [1.82, 2.24) is 5.32 Å². The van der Waals surface area contributed by atoms with Crippen molar-refractivity contribution < 1.29 is 23.5 Å². The standard InChI is InChI=1S/C17H16F2N2O3/c1-17(24,11-5-3-2-4-6-11)10-20-15(22)16(23)21-14-9-12(18)7-8-13(14)19/h2-9,24H,10H2,1H3,(H,20,22)(H,21,23).